The molecular weight excluding hydrogens is 431 g/mol. The monoisotopic (exact) mass is 438 g/mol. The van der Waals surface area contributed by atoms with Crippen LogP contribution in [0, 0.1) is 20.2 Å². The topological polar surface area (TPSA) is 128 Å². The maximum Gasteiger partial charge on any atom is 0.289 e. The van der Waals surface area contributed by atoms with Crippen LogP contribution in [0.3, 0.4) is 0 Å². The fourth-order valence-electron chi connectivity index (χ4n) is 2.26. The number of thiazole rings is 1. The maximum atomic E-state index is 12.4. The van der Waals surface area contributed by atoms with E-state index in [-0.39, 0.29) is 10.7 Å². The Balaban J connectivity index is 1.86. The van der Waals surface area contributed by atoms with Crippen molar-refractivity contribution in [1.29, 1.82) is 0 Å². The Morgan fingerprint density at radius 2 is 1.79 bits per heavy atom. The van der Waals surface area contributed by atoms with Crippen LogP contribution in [0.5, 0.6) is 0 Å². The van der Waals surface area contributed by atoms with Crippen molar-refractivity contribution in [3.8, 4) is 11.3 Å². The molecule has 3 aromatic rings. The molecule has 12 heteroatoms. The Kier molecular flexibility index (Phi) is 5.54. The number of halogens is 2. The van der Waals surface area contributed by atoms with Crippen molar-refractivity contribution in [3.63, 3.8) is 0 Å². The smallest absolute Gasteiger partial charge is 0.289 e. The molecular formula is C16H8Cl2N4O5S. The molecule has 1 N–H and O–H groups in total. The Morgan fingerprint density at radius 3 is 2.43 bits per heavy atom. The zero-order valence-corrected chi connectivity index (χ0v) is 15.9. The standard InChI is InChI=1S/C16H8Cl2N4O5S/c17-11-4-1-8(5-12(11)18)13-7-28-16(19-13)20-15(23)10-3-2-9(21(24)25)6-14(10)22(26)27/h1-7H,(H,19,20,23). The average Bonchev–Trinajstić information content (AvgIpc) is 3.11. The molecule has 1 heterocycles. The fraction of sp³-hybridized carbons (Fsp3) is 0. The molecule has 0 saturated heterocycles. The highest BCUT2D eigenvalue weighted by Crippen LogP contribution is 2.31. The summed E-state index contributed by atoms with van der Waals surface area (Å²) in [6.07, 6.45) is 0. The fourth-order valence-corrected chi connectivity index (χ4v) is 3.27. The van der Waals surface area contributed by atoms with Gasteiger partial charge < -0.3 is 0 Å². The third-order valence-corrected chi connectivity index (χ3v) is 5.07. The first kappa shape index (κ1) is 19.7. The number of nitro groups is 2. The second-order valence-electron chi connectivity index (χ2n) is 5.34. The molecule has 2 aromatic carbocycles. The number of aromatic nitrogens is 1. The SMILES string of the molecule is O=C(Nc1nc(-c2ccc(Cl)c(Cl)c2)cs1)c1ccc([N+](=O)[O-])cc1[N+](=O)[O-]. The van der Waals surface area contributed by atoms with Crippen LogP contribution >= 0.6 is 34.5 Å². The average molecular weight is 439 g/mol. The van der Waals surface area contributed by atoms with Gasteiger partial charge in [0.2, 0.25) is 0 Å². The molecule has 0 fully saturated rings. The quantitative estimate of drug-likeness (QED) is 0.431. The molecule has 1 aromatic heterocycles. The second-order valence-corrected chi connectivity index (χ2v) is 7.01. The van der Waals surface area contributed by atoms with E-state index in [1.165, 1.54) is 0 Å². The zero-order valence-electron chi connectivity index (χ0n) is 13.6. The first-order valence-corrected chi connectivity index (χ1v) is 9.05. The molecule has 0 radical (unpaired) electrons. The Morgan fingerprint density at radius 1 is 1.04 bits per heavy atom. The van der Waals surface area contributed by atoms with Crippen molar-refractivity contribution in [2.45, 2.75) is 0 Å². The number of hydrogen-bond donors (Lipinski definition) is 1. The maximum absolute atomic E-state index is 12.4. The van der Waals surface area contributed by atoms with Crippen LogP contribution in [-0.2, 0) is 0 Å². The first-order chi connectivity index (χ1) is 13.3. The van der Waals surface area contributed by atoms with Gasteiger partial charge in [0.15, 0.2) is 5.13 Å². The molecule has 0 aliphatic carbocycles. The number of carbonyl (C=O) groups is 1. The second kappa shape index (κ2) is 7.89. The first-order valence-electron chi connectivity index (χ1n) is 7.41. The lowest BCUT2D eigenvalue weighted by Gasteiger charge is -2.03. The van der Waals surface area contributed by atoms with Crippen LogP contribution < -0.4 is 5.32 Å². The van der Waals surface area contributed by atoms with Gasteiger partial charge in [-0.1, -0.05) is 29.3 Å². The normalized spacial score (nSPS) is 10.5. The predicted molar refractivity (Wildman–Crippen MR) is 105 cm³/mol. The summed E-state index contributed by atoms with van der Waals surface area (Å²) in [6, 6.07) is 7.71. The summed E-state index contributed by atoms with van der Waals surface area (Å²) >= 11 is 13.0. The minimum absolute atomic E-state index is 0.193. The van der Waals surface area contributed by atoms with Crippen molar-refractivity contribution in [2.24, 2.45) is 0 Å². The van der Waals surface area contributed by atoms with E-state index >= 15 is 0 Å². The van der Waals surface area contributed by atoms with Crippen LogP contribution in [0.15, 0.2) is 41.8 Å². The molecule has 1 amide bonds. The van der Waals surface area contributed by atoms with Gasteiger partial charge >= 0.3 is 0 Å². The van der Waals surface area contributed by atoms with Crippen LogP contribution in [0.4, 0.5) is 16.5 Å². The summed E-state index contributed by atoms with van der Waals surface area (Å²) in [6.45, 7) is 0. The molecule has 142 valence electrons. The molecule has 0 unspecified atom stereocenters. The van der Waals surface area contributed by atoms with E-state index in [0.29, 0.717) is 21.3 Å². The molecule has 28 heavy (non-hydrogen) atoms. The Labute approximate surface area is 170 Å². The number of non-ortho nitro benzene ring substituents is 1. The Bertz CT molecular complexity index is 1120. The number of nitrogens with zero attached hydrogens (tertiary/aromatic N) is 3. The number of amides is 1. The van der Waals surface area contributed by atoms with E-state index in [4.69, 9.17) is 23.2 Å². The van der Waals surface area contributed by atoms with Crippen molar-refractivity contribution < 1.29 is 14.6 Å². The van der Waals surface area contributed by atoms with Crippen molar-refractivity contribution in [1.82, 2.24) is 4.98 Å². The molecule has 0 saturated carbocycles. The van der Waals surface area contributed by atoms with E-state index in [1.54, 1.807) is 23.6 Å². The minimum Gasteiger partial charge on any atom is -0.298 e. The van der Waals surface area contributed by atoms with Crippen molar-refractivity contribution >= 4 is 57.0 Å². The third-order valence-electron chi connectivity index (χ3n) is 3.57. The number of nitro benzene ring substituents is 2. The molecule has 3 rings (SSSR count). The summed E-state index contributed by atoms with van der Waals surface area (Å²) in [7, 11) is 0. The lowest BCUT2D eigenvalue weighted by Crippen LogP contribution is -2.14. The van der Waals surface area contributed by atoms with Crippen molar-refractivity contribution in [2.75, 3.05) is 5.32 Å². The number of hydrogen-bond acceptors (Lipinski definition) is 7. The summed E-state index contributed by atoms with van der Waals surface area (Å²) in [4.78, 5) is 37.0. The van der Waals surface area contributed by atoms with Crippen LogP contribution in [0.25, 0.3) is 11.3 Å². The van der Waals surface area contributed by atoms with E-state index in [2.05, 4.69) is 10.3 Å². The molecule has 0 bridgehead atoms. The lowest BCUT2D eigenvalue weighted by molar-refractivity contribution is -0.394. The van der Waals surface area contributed by atoms with Gasteiger partial charge in [-0.25, -0.2) is 4.98 Å². The van der Waals surface area contributed by atoms with Gasteiger partial charge in [-0.15, -0.1) is 11.3 Å². The molecule has 9 nitrogen and oxygen atoms in total. The summed E-state index contributed by atoms with van der Waals surface area (Å²) in [5, 5.41) is 27.0. The largest absolute Gasteiger partial charge is 0.298 e. The number of nitrogens with one attached hydrogen (secondary N) is 1. The van der Waals surface area contributed by atoms with E-state index in [9.17, 15) is 25.0 Å². The molecule has 0 atom stereocenters. The summed E-state index contributed by atoms with van der Waals surface area (Å²) in [5.41, 5.74) is -0.279. The number of benzene rings is 2. The highest BCUT2D eigenvalue weighted by Gasteiger charge is 2.24. The molecule has 0 spiro atoms. The summed E-state index contributed by atoms with van der Waals surface area (Å²) in [5.74, 6) is -0.809. The van der Waals surface area contributed by atoms with Crippen LogP contribution in [0.1, 0.15) is 10.4 Å². The summed E-state index contributed by atoms with van der Waals surface area (Å²) < 4.78 is 0. The van der Waals surface area contributed by atoms with Gasteiger partial charge in [0.05, 0.1) is 31.7 Å². The third kappa shape index (κ3) is 4.09. The number of carbonyl (C=O) groups excluding carboxylic acids is 1. The number of anilines is 1. The van der Waals surface area contributed by atoms with Gasteiger partial charge in [-0.2, -0.15) is 0 Å². The van der Waals surface area contributed by atoms with Crippen LogP contribution in [0.2, 0.25) is 10.0 Å². The van der Waals surface area contributed by atoms with E-state index < -0.39 is 27.1 Å². The molecule has 0 aliphatic heterocycles. The van der Waals surface area contributed by atoms with Gasteiger partial charge in [0.1, 0.15) is 5.56 Å². The number of rotatable bonds is 5. The molecule has 0 aliphatic rings. The zero-order chi connectivity index (χ0) is 20.4. The van der Waals surface area contributed by atoms with E-state index in [0.717, 1.165) is 29.5 Å². The minimum atomic E-state index is -0.856. The van der Waals surface area contributed by atoms with Crippen LogP contribution in [-0.4, -0.2) is 20.7 Å². The van der Waals surface area contributed by atoms with E-state index in [1.807, 2.05) is 0 Å². The predicted octanol–water partition coefficient (Wildman–Crippen LogP) is 5.19. The highest BCUT2D eigenvalue weighted by molar-refractivity contribution is 7.14. The highest BCUT2D eigenvalue weighted by atomic mass is 35.5. The van der Waals surface area contributed by atoms with Gasteiger partial charge in [-0.05, 0) is 18.2 Å². The van der Waals surface area contributed by atoms with Gasteiger partial charge in [-0.3, -0.25) is 30.3 Å². The van der Waals surface area contributed by atoms with Crippen molar-refractivity contribution in [3.05, 3.63) is 77.6 Å². The Hall–Kier alpha value is -3.08. The van der Waals surface area contributed by atoms with Gasteiger partial charge in [0.25, 0.3) is 17.3 Å². The lowest BCUT2D eigenvalue weighted by atomic mass is 10.1. The van der Waals surface area contributed by atoms with Gasteiger partial charge in [0, 0.05) is 17.0 Å².